The summed E-state index contributed by atoms with van der Waals surface area (Å²) in [7, 11) is 0. The lowest BCUT2D eigenvalue weighted by atomic mass is 10.1. The van der Waals surface area contributed by atoms with Crippen LogP contribution in [0.3, 0.4) is 0 Å². The number of carbonyl (C=O) groups excluding carboxylic acids is 1. The topological polar surface area (TPSA) is 40.5 Å². The highest BCUT2D eigenvalue weighted by Gasteiger charge is 2.20. The Bertz CT molecular complexity index is 435. The molecule has 1 aromatic carbocycles. The summed E-state index contributed by atoms with van der Waals surface area (Å²) in [6.07, 6.45) is -0.597. The Morgan fingerprint density at radius 3 is 2.50 bits per heavy atom. The summed E-state index contributed by atoms with van der Waals surface area (Å²) in [6, 6.07) is 4.11. The standard InChI is InChI=1S/C13H17BrFNO2/c1-8(2)16(7-9(3)17)13(18)10-4-5-12(15)11(14)6-10/h4-6,8-9,17H,7H2,1-3H3. The lowest BCUT2D eigenvalue weighted by Crippen LogP contribution is -2.41. The molecule has 1 unspecified atom stereocenters. The molecule has 0 saturated carbocycles. The number of nitrogens with zero attached hydrogens (tertiary/aromatic N) is 1. The Balaban J connectivity index is 2.98. The highest BCUT2D eigenvalue weighted by atomic mass is 79.9. The second kappa shape index (κ2) is 6.29. The van der Waals surface area contributed by atoms with Gasteiger partial charge >= 0.3 is 0 Å². The number of rotatable bonds is 4. The molecule has 0 aromatic heterocycles. The first-order valence-corrected chi connectivity index (χ1v) is 6.56. The Labute approximate surface area is 115 Å². The first-order valence-electron chi connectivity index (χ1n) is 5.77. The van der Waals surface area contributed by atoms with E-state index in [9.17, 15) is 14.3 Å². The smallest absolute Gasteiger partial charge is 0.254 e. The molecule has 1 aromatic rings. The molecule has 0 aliphatic heterocycles. The van der Waals surface area contributed by atoms with Crippen molar-refractivity contribution in [1.29, 1.82) is 0 Å². The second-order valence-corrected chi connectivity index (χ2v) is 5.38. The molecule has 0 radical (unpaired) electrons. The van der Waals surface area contributed by atoms with Crippen molar-refractivity contribution in [1.82, 2.24) is 4.90 Å². The zero-order chi connectivity index (χ0) is 13.9. The van der Waals surface area contributed by atoms with Gasteiger partial charge in [-0.25, -0.2) is 4.39 Å². The van der Waals surface area contributed by atoms with Crippen LogP contribution in [0.4, 0.5) is 4.39 Å². The highest BCUT2D eigenvalue weighted by Crippen LogP contribution is 2.18. The SMILES string of the molecule is CC(O)CN(C(=O)c1ccc(F)c(Br)c1)C(C)C. The van der Waals surface area contributed by atoms with Crippen LogP contribution >= 0.6 is 15.9 Å². The first-order chi connectivity index (χ1) is 8.32. The minimum atomic E-state index is -0.597. The molecule has 1 rings (SSSR count). The van der Waals surface area contributed by atoms with Crippen LogP contribution in [0.2, 0.25) is 0 Å². The van der Waals surface area contributed by atoms with Gasteiger partial charge in [0.05, 0.1) is 10.6 Å². The van der Waals surface area contributed by atoms with Crippen LogP contribution in [0, 0.1) is 5.82 Å². The van der Waals surface area contributed by atoms with Gasteiger partial charge in [-0.05, 0) is 54.9 Å². The predicted octanol–water partition coefficient (Wildman–Crippen LogP) is 2.82. The van der Waals surface area contributed by atoms with Crippen molar-refractivity contribution >= 4 is 21.8 Å². The normalized spacial score (nSPS) is 12.6. The molecule has 1 N–H and O–H groups in total. The van der Waals surface area contributed by atoms with E-state index in [1.807, 2.05) is 13.8 Å². The van der Waals surface area contributed by atoms with Gasteiger partial charge in [-0.1, -0.05) is 0 Å². The summed E-state index contributed by atoms with van der Waals surface area (Å²) in [6.45, 7) is 5.63. The van der Waals surface area contributed by atoms with Crippen molar-refractivity contribution < 1.29 is 14.3 Å². The maximum atomic E-state index is 13.1. The molecular formula is C13H17BrFNO2. The van der Waals surface area contributed by atoms with E-state index in [1.54, 1.807) is 11.8 Å². The molecule has 18 heavy (non-hydrogen) atoms. The third-order valence-electron chi connectivity index (χ3n) is 2.51. The molecule has 0 spiro atoms. The number of benzene rings is 1. The van der Waals surface area contributed by atoms with Crippen LogP contribution in [0.15, 0.2) is 22.7 Å². The molecule has 0 fully saturated rings. The van der Waals surface area contributed by atoms with Crippen molar-refractivity contribution in [3.05, 3.63) is 34.1 Å². The molecule has 5 heteroatoms. The van der Waals surface area contributed by atoms with Gasteiger partial charge in [-0.2, -0.15) is 0 Å². The van der Waals surface area contributed by atoms with Crippen molar-refractivity contribution in [2.75, 3.05) is 6.54 Å². The van der Waals surface area contributed by atoms with E-state index >= 15 is 0 Å². The van der Waals surface area contributed by atoms with Crippen molar-refractivity contribution in [2.24, 2.45) is 0 Å². The van der Waals surface area contributed by atoms with Crippen molar-refractivity contribution in [3.8, 4) is 0 Å². The number of halogens is 2. The third-order valence-corrected chi connectivity index (χ3v) is 3.12. The van der Waals surface area contributed by atoms with Gasteiger partial charge in [0.15, 0.2) is 0 Å². The van der Waals surface area contributed by atoms with Gasteiger partial charge in [-0.3, -0.25) is 4.79 Å². The molecule has 0 heterocycles. The summed E-state index contributed by atoms with van der Waals surface area (Å²) in [5.41, 5.74) is 0.401. The number of carbonyl (C=O) groups is 1. The predicted molar refractivity (Wildman–Crippen MR) is 72.0 cm³/mol. The highest BCUT2D eigenvalue weighted by molar-refractivity contribution is 9.10. The van der Waals surface area contributed by atoms with E-state index in [4.69, 9.17) is 0 Å². The van der Waals surface area contributed by atoms with E-state index in [1.165, 1.54) is 18.2 Å². The van der Waals surface area contributed by atoms with Crippen molar-refractivity contribution in [2.45, 2.75) is 32.9 Å². The van der Waals surface area contributed by atoms with Gasteiger partial charge in [-0.15, -0.1) is 0 Å². The summed E-state index contributed by atoms with van der Waals surface area (Å²) in [4.78, 5) is 13.8. The number of aliphatic hydroxyl groups is 1. The molecule has 0 bridgehead atoms. The molecule has 0 saturated heterocycles. The minimum Gasteiger partial charge on any atom is -0.392 e. The maximum absolute atomic E-state index is 13.1. The number of amides is 1. The molecule has 1 atom stereocenters. The van der Waals surface area contributed by atoms with E-state index in [-0.39, 0.29) is 23.0 Å². The summed E-state index contributed by atoms with van der Waals surface area (Å²) >= 11 is 3.06. The fourth-order valence-corrected chi connectivity index (χ4v) is 1.99. The first kappa shape index (κ1) is 15.1. The summed E-state index contributed by atoms with van der Waals surface area (Å²) in [5.74, 6) is -0.621. The molecule has 1 amide bonds. The van der Waals surface area contributed by atoms with E-state index < -0.39 is 11.9 Å². The monoisotopic (exact) mass is 317 g/mol. The van der Waals surface area contributed by atoms with Crippen LogP contribution < -0.4 is 0 Å². The molecule has 100 valence electrons. The summed E-state index contributed by atoms with van der Waals surface area (Å²) < 4.78 is 13.4. The van der Waals surface area contributed by atoms with Crippen LogP contribution in [0.1, 0.15) is 31.1 Å². The van der Waals surface area contributed by atoms with E-state index in [0.717, 1.165) is 0 Å². The lowest BCUT2D eigenvalue weighted by Gasteiger charge is -2.28. The molecule has 3 nitrogen and oxygen atoms in total. The largest absolute Gasteiger partial charge is 0.392 e. The van der Waals surface area contributed by atoms with Crippen LogP contribution in [-0.2, 0) is 0 Å². The number of hydrogen-bond acceptors (Lipinski definition) is 2. The van der Waals surface area contributed by atoms with Crippen LogP contribution in [0.5, 0.6) is 0 Å². The van der Waals surface area contributed by atoms with E-state index in [2.05, 4.69) is 15.9 Å². The van der Waals surface area contributed by atoms with Gasteiger partial charge in [0.25, 0.3) is 5.91 Å². The Hall–Kier alpha value is -0.940. The fraction of sp³-hybridized carbons (Fsp3) is 0.462. The second-order valence-electron chi connectivity index (χ2n) is 4.53. The number of aliphatic hydroxyl groups excluding tert-OH is 1. The van der Waals surface area contributed by atoms with Gasteiger partial charge in [0.1, 0.15) is 5.82 Å². The van der Waals surface area contributed by atoms with Crippen molar-refractivity contribution in [3.63, 3.8) is 0 Å². The van der Waals surface area contributed by atoms with E-state index in [0.29, 0.717) is 5.56 Å². The van der Waals surface area contributed by atoms with Crippen LogP contribution in [-0.4, -0.2) is 34.6 Å². The van der Waals surface area contributed by atoms with Crippen LogP contribution in [0.25, 0.3) is 0 Å². The molecular weight excluding hydrogens is 301 g/mol. The lowest BCUT2D eigenvalue weighted by molar-refractivity contribution is 0.0578. The quantitative estimate of drug-likeness (QED) is 0.927. The maximum Gasteiger partial charge on any atom is 0.254 e. The average molecular weight is 318 g/mol. The average Bonchev–Trinajstić information content (AvgIpc) is 2.28. The zero-order valence-electron chi connectivity index (χ0n) is 10.7. The summed E-state index contributed by atoms with van der Waals surface area (Å²) in [5, 5.41) is 9.40. The Morgan fingerprint density at radius 1 is 1.44 bits per heavy atom. The Kier molecular flexibility index (Phi) is 5.28. The zero-order valence-corrected chi connectivity index (χ0v) is 12.2. The third kappa shape index (κ3) is 3.78. The molecule has 0 aliphatic carbocycles. The number of hydrogen-bond donors (Lipinski definition) is 1. The van der Waals surface area contributed by atoms with Gasteiger partial charge in [0, 0.05) is 18.2 Å². The van der Waals surface area contributed by atoms with Gasteiger partial charge in [0.2, 0.25) is 0 Å². The fourth-order valence-electron chi connectivity index (χ4n) is 1.61. The van der Waals surface area contributed by atoms with Gasteiger partial charge < -0.3 is 10.0 Å². The molecule has 0 aliphatic rings. The Morgan fingerprint density at radius 2 is 2.06 bits per heavy atom. The minimum absolute atomic E-state index is 0.0315.